The highest BCUT2D eigenvalue weighted by atomic mass is 32.2. The van der Waals surface area contributed by atoms with Gasteiger partial charge in [0.1, 0.15) is 0 Å². The Balaban J connectivity index is 2.67. The van der Waals surface area contributed by atoms with Crippen molar-refractivity contribution < 1.29 is 13.2 Å². The van der Waals surface area contributed by atoms with E-state index in [4.69, 9.17) is 4.74 Å². The van der Waals surface area contributed by atoms with Gasteiger partial charge in [0.2, 0.25) is 14.9 Å². The smallest absolute Gasteiger partial charge is 0.279 e. The van der Waals surface area contributed by atoms with Crippen molar-refractivity contribution in [2.24, 2.45) is 0 Å². The Bertz CT molecular complexity index is 710. The number of hydrogen-bond acceptors (Lipinski definition) is 7. The highest BCUT2D eigenvalue weighted by molar-refractivity contribution is 7.91. The molecule has 0 amide bonds. The summed E-state index contributed by atoms with van der Waals surface area (Å²) in [7, 11) is -2.69. The molecule has 0 atom stereocenters. The summed E-state index contributed by atoms with van der Waals surface area (Å²) in [5.74, 6) is -0.274. The van der Waals surface area contributed by atoms with Crippen LogP contribution < -0.4 is 10.2 Å². The minimum Gasteiger partial charge on any atom is -0.478 e. The van der Waals surface area contributed by atoms with Crippen molar-refractivity contribution in [2.75, 3.05) is 7.11 Å². The van der Waals surface area contributed by atoms with E-state index in [0.29, 0.717) is 11.7 Å². The molecular formula is C10H8N2O4S2. The fourth-order valence-electron chi connectivity index (χ4n) is 1.28. The molecule has 18 heavy (non-hydrogen) atoms. The van der Waals surface area contributed by atoms with Crippen molar-refractivity contribution in [3.63, 3.8) is 0 Å². The molecule has 0 aliphatic rings. The number of ether oxygens (including phenoxy) is 1. The predicted octanol–water partition coefficient (Wildman–Crippen LogP) is 0.740. The van der Waals surface area contributed by atoms with Gasteiger partial charge in [-0.05, 0) is 12.1 Å². The third kappa shape index (κ3) is 2.12. The van der Waals surface area contributed by atoms with Crippen LogP contribution in [0, 0.1) is 0 Å². The van der Waals surface area contributed by atoms with Gasteiger partial charge in [-0.3, -0.25) is 4.79 Å². The first-order valence-corrected chi connectivity index (χ1v) is 6.99. The Kier molecular flexibility index (Phi) is 3.39. The maximum atomic E-state index is 12.2. The Hall–Kier alpha value is -1.80. The van der Waals surface area contributed by atoms with E-state index in [1.165, 1.54) is 19.2 Å². The van der Waals surface area contributed by atoms with Crippen molar-refractivity contribution >= 4 is 21.6 Å². The number of hydrogen-bond donors (Lipinski definition) is 0. The highest BCUT2D eigenvalue weighted by Crippen LogP contribution is 2.17. The third-order valence-corrected chi connectivity index (χ3v) is 4.44. The molecule has 6 nitrogen and oxygen atoms in total. The maximum Gasteiger partial charge on any atom is 0.279 e. The van der Waals surface area contributed by atoms with Crippen molar-refractivity contribution in [2.45, 2.75) is 9.92 Å². The van der Waals surface area contributed by atoms with Gasteiger partial charge in [0, 0.05) is 0 Å². The van der Waals surface area contributed by atoms with Gasteiger partial charge in [-0.1, -0.05) is 18.2 Å². The zero-order valence-electron chi connectivity index (χ0n) is 9.23. The average molecular weight is 284 g/mol. The second-order valence-corrected chi connectivity index (χ2v) is 5.62. The van der Waals surface area contributed by atoms with Crippen LogP contribution in [0.1, 0.15) is 0 Å². The largest absolute Gasteiger partial charge is 0.478 e. The van der Waals surface area contributed by atoms with Crippen LogP contribution in [-0.2, 0) is 9.84 Å². The van der Waals surface area contributed by atoms with E-state index in [1.807, 2.05) is 0 Å². The van der Waals surface area contributed by atoms with Crippen LogP contribution in [0.15, 0.2) is 45.0 Å². The minimum absolute atomic E-state index is 0.00931. The van der Waals surface area contributed by atoms with Crippen LogP contribution in [0.5, 0.6) is 5.88 Å². The summed E-state index contributed by atoms with van der Waals surface area (Å²) in [6.07, 6.45) is 0. The molecule has 0 bridgehead atoms. The Morgan fingerprint density at radius 1 is 1.17 bits per heavy atom. The molecule has 0 N–H and O–H groups in total. The zero-order valence-corrected chi connectivity index (χ0v) is 10.9. The molecule has 0 aliphatic heterocycles. The van der Waals surface area contributed by atoms with Gasteiger partial charge < -0.3 is 4.74 Å². The van der Waals surface area contributed by atoms with Crippen LogP contribution in [0.2, 0.25) is 0 Å². The lowest BCUT2D eigenvalue weighted by molar-refractivity contribution is 0.394. The van der Waals surface area contributed by atoms with Crippen LogP contribution in [0.4, 0.5) is 0 Å². The topological polar surface area (TPSA) is 86.2 Å². The molecule has 0 unspecified atom stereocenters. The molecule has 0 fully saturated rings. The number of rotatable bonds is 3. The first-order valence-electron chi connectivity index (χ1n) is 4.78. The van der Waals surface area contributed by atoms with E-state index in [-0.39, 0.29) is 10.8 Å². The van der Waals surface area contributed by atoms with Crippen LogP contribution in [-0.4, -0.2) is 24.3 Å². The van der Waals surface area contributed by atoms with Gasteiger partial charge in [0.05, 0.1) is 23.7 Å². The number of sulfone groups is 1. The van der Waals surface area contributed by atoms with E-state index < -0.39 is 20.3 Å². The lowest BCUT2D eigenvalue weighted by atomic mass is 10.4. The molecule has 0 saturated carbocycles. The van der Waals surface area contributed by atoms with Gasteiger partial charge in [-0.2, -0.15) is 4.37 Å². The van der Waals surface area contributed by atoms with E-state index in [1.54, 1.807) is 18.2 Å². The molecule has 0 aliphatic carbocycles. The molecule has 0 saturated heterocycles. The molecule has 94 valence electrons. The van der Waals surface area contributed by atoms with Crippen LogP contribution in [0.3, 0.4) is 0 Å². The SMILES string of the molecule is COc1nsnc(S(=O)(=O)c2ccccc2)c1=O. The maximum absolute atomic E-state index is 12.2. The quantitative estimate of drug-likeness (QED) is 0.826. The van der Waals surface area contributed by atoms with Gasteiger partial charge in [0.25, 0.3) is 11.3 Å². The van der Waals surface area contributed by atoms with Gasteiger partial charge in [0.15, 0.2) is 0 Å². The number of methoxy groups -OCH3 is 1. The number of nitrogens with zero attached hydrogens (tertiary/aromatic N) is 2. The normalized spacial score (nSPS) is 11.2. The fourth-order valence-corrected chi connectivity index (χ4v) is 3.27. The molecule has 1 heterocycles. The summed E-state index contributed by atoms with van der Waals surface area (Å²) in [6.45, 7) is 0. The van der Waals surface area contributed by atoms with Crippen LogP contribution >= 0.6 is 11.7 Å². The molecular weight excluding hydrogens is 276 g/mol. The van der Waals surface area contributed by atoms with Gasteiger partial charge in [-0.15, -0.1) is 4.37 Å². The summed E-state index contributed by atoms with van der Waals surface area (Å²) in [4.78, 5) is 11.8. The zero-order chi connectivity index (χ0) is 13.2. The van der Waals surface area contributed by atoms with E-state index in [9.17, 15) is 13.2 Å². The summed E-state index contributed by atoms with van der Waals surface area (Å²) < 4.78 is 36.2. The average Bonchev–Trinajstić information content (AvgIpc) is 2.40. The molecule has 8 heteroatoms. The van der Waals surface area contributed by atoms with E-state index >= 15 is 0 Å². The fraction of sp³-hybridized carbons (Fsp3) is 0.100. The van der Waals surface area contributed by atoms with Gasteiger partial charge >= 0.3 is 0 Å². The molecule has 2 aromatic rings. The van der Waals surface area contributed by atoms with Crippen LogP contribution in [0.25, 0.3) is 0 Å². The first kappa shape index (κ1) is 12.7. The second kappa shape index (κ2) is 4.83. The second-order valence-electron chi connectivity index (χ2n) is 3.22. The lowest BCUT2D eigenvalue weighted by Gasteiger charge is -2.02. The Morgan fingerprint density at radius 2 is 1.83 bits per heavy atom. The first-order chi connectivity index (χ1) is 8.57. The minimum atomic E-state index is -3.94. The van der Waals surface area contributed by atoms with Gasteiger partial charge in [-0.25, -0.2) is 8.42 Å². The molecule has 2 rings (SSSR count). The lowest BCUT2D eigenvalue weighted by Crippen LogP contribution is -2.18. The van der Waals surface area contributed by atoms with E-state index in [2.05, 4.69) is 8.75 Å². The molecule has 0 radical (unpaired) electrons. The van der Waals surface area contributed by atoms with Crippen molar-refractivity contribution in [1.82, 2.24) is 8.75 Å². The van der Waals surface area contributed by atoms with Crippen molar-refractivity contribution in [1.29, 1.82) is 0 Å². The predicted molar refractivity (Wildman–Crippen MR) is 64.6 cm³/mol. The molecule has 1 aromatic carbocycles. The highest BCUT2D eigenvalue weighted by Gasteiger charge is 2.25. The summed E-state index contributed by atoms with van der Waals surface area (Å²) in [5.41, 5.74) is -0.833. The summed E-state index contributed by atoms with van der Waals surface area (Å²) in [6, 6.07) is 7.61. The van der Waals surface area contributed by atoms with E-state index in [0.717, 1.165) is 0 Å². The van der Waals surface area contributed by atoms with Crippen molar-refractivity contribution in [3.8, 4) is 5.88 Å². The standard InChI is InChI=1S/C10H8N2O4S2/c1-16-9-8(13)10(12-17-11-9)18(14,15)7-5-3-2-4-6-7/h2-6H,1H3. The summed E-state index contributed by atoms with van der Waals surface area (Å²) in [5, 5.41) is -0.564. The molecule has 0 spiro atoms. The Labute approximate surface area is 107 Å². The number of benzene rings is 1. The molecule has 1 aromatic heterocycles. The third-order valence-electron chi connectivity index (χ3n) is 2.14. The number of aromatic nitrogens is 2. The monoisotopic (exact) mass is 284 g/mol. The Morgan fingerprint density at radius 3 is 2.44 bits per heavy atom. The van der Waals surface area contributed by atoms with Crippen molar-refractivity contribution in [3.05, 3.63) is 40.6 Å². The summed E-state index contributed by atoms with van der Waals surface area (Å²) >= 11 is 0.612.